The van der Waals surface area contributed by atoms with E-state index >= 15 is 0 Å². The molecule has 0 radical (unpaired) electrons. The first kappa shape index (κ1) is 17.6. The van der Waals surface area contributed by atoms with Crippen LogP contribution in [0.25, 0.3) is 0 Å². The second kappa shape index (κ2) is 8.26. The van der Waals surface area contributed by atoms with E-state index in [1.165, 1.54) is 17.8 Å². The molecule has 1 aliphatic heterocycles. The Kier molecular flexibility index (Phi) is 5.82. The summed E-state index contributed by atoms with van der Waals surface area (Å²) in [4.78, 5) is 13.7. The molecule has 132 valence electrons. The van der Waals surface area contributed by atoms with Crippen LogP contribution >= 0.6 is 0 Å². The van der Waals surface area contributed by atoms with Crippen LogP contribution in [0.4, 0.5) is 10.1 Å². The van der Waals surface area contributed by atoms with Gasteiger partial charge in [-0.05, 0) is 74.7 Å². The number of anilines is 1. The molecule has 0 aromatic heterocycles. The molecule has 1 heterocycles. The Morgan fingerprint density at radius 2 is 1.72 bits per heavy atom. The van der Waals surface area contributed by atoms with Gasteiger partial charge < -0.3 is 10.2 Å². The molecule has 0 aliphatic carbocycles. The van der Waals surface area contributed by atoms with Crippen molar-refractivity contribution in [1.29, 1.82) is 0 Å². The number of piperidine rings is 1. The molecule has 0 saturated carbocycles. The molecule has 0 unspecified atom stereocenters. The number of Topliss-reactive ketones (excluding diaryl/α,β-unsaturated/α-hetero) is 1. The standard InChI is InChI=1S/C21H25FN2O/c1-16(25)18-4-8-21(9-5-18)24-14-11-20(12-15-24)23-13-10-17-2-6-19(22)7-3-17/h2-9,20,23H,10-15H2,1H3. The molecular formula is C21H25FN2O. The number of ketones is 1. The number of benzene rings is 2. The summed E-state index contributed by atoms with van der Waals surface area (Å²) in [5.41, 5.74) is 3.12. The van der Waals surface area contributed by atoms with E-state index in [4.69, 9.17) is 0 Å². The van der Waals surface area contributed by atoms with Crippen molar-refractivity contribution < 1.29 is 9.18 Å². The minimum absolute atomic E-state index is 0.107. The monoisotopic (exact) mass is 340 g/mol. The highest BCUT2D eigenvalue weighted by Gasteiger charge is 2.19. The van der Waals surface area contributed by atoms with Gasteiger partial charge in [-0.1, -0.05) is 12.1 Å². The van der Waals surface area contributed by atoms with Crippen molar-refractivity contribution in [3.05, 3.63) is 65.5 Å². The van der Waals surface area contributed by atoms with Crippen LogP contribution in [-0.4, -0.2) is 31.5 Å². The maximum absolute atomic E-state index is 12.9. The van der Waals surface area contributed by atoms with E-state index in [2.05, 4.69) is 10.2 Å². The highest BCUT2D eigenvalue weighted by atomic mass is 19.1. The zero-order chi connectivity index (χ0) is 17.6. The molecule has 3 rings (SSSR count). The third-order valence-corrected chi connectivity index (χ3v) is 4.89. The molecular weight excluding hydrogens is 315 g/mol. The SMILES string of the molecule is CC(=O)c1ccc(N2CCC(NCCc3ccc(F)cc3)CC2)cc1. The molecule has 25 heavy (non-hydrogen) atoms. The van der Waals surface area contributed by atoms with E-state index in [1.807, 2.05) is 36.4 Å². The van der Waals surface area contributed by atoms with Crippen molar-refractivity contribution in [3.63, 3.8) is 0 Å². The number of nitrogens with zero attached hydrogens (tertiary/aromatic N) is 1. The Morgan fingerprint density at radius 1 is 1.08 bits per heavy atom. The van der Waals surface area contributed by atoms with E-state index in [-0.39, 0.29) is 11.6 Å². The van der Waals surface area contributed by atoms with Gasteiger partial charge in [0.25, 0.3) is 0 Å². The lowest BCUT2D eigenvalue weighted by molar-refractivity contribution is 0.101. The van der Waals surface area contributed by atoms with Crippen molar-refractivity contribution in [3.8, 4) is 0 Å². The lowest BCUT2D eigenvalue weighted by Gasteiger charge is -2.34. The average molecular weight is 340 g/mol. The smallest absolute Gasteiger partial charge is 0.159 e. The molecule has 1 N–H and O–H groups in total. The molecule has 3 nitrogen and oxygen atoms in total. The number of halogens is 1. The number of rotatable bonds is 6. The zero-order valence-electron chi connectivity index (χ0n) is 14.7. The highest BCUT2D eigenvalue weighted by Crippen LogP contribution is 2.20. The predicted molar refractivity (Wildman–Crippen MR) is 99.8 cm³/mol. The molecule has 1 aliphatic rings. The first-order valence-corrected chi connectivity index (χ1v) is 8.95. The van der Waals surface area contributed by atoms with Gasteiger partial charge in [0.05, 0.1) is 0 Å². The Balaban J connectivity index is 1.42. The lowest BCUT2D eigenvalue weighted by Crippen LogP contribution is -2.43. The van der Waals surface area contributed by atoms with Gasteiger partial charge >= 0.3 is 0 Å². The van der Waals surface area contributed by atoms with Gasteiger partial charge in [-0.2, -0.15) is 0 Å². The molecule has 0 spiro atoms. The molecule has 0 bridgehead atoms. The van der Waals surface area contributed by atoms with E-state index in [9.17, 15) is 9.18 Å². The van der Waals surface area contributed by atoms with Crippen LogP contribution in [0, 0.1) is 5.82 Å². The number of carbonyl (C=O) groups excluding carboxylic acids is 1. The molecule has 0 amide bonds. The van der Waals surface area contributed by atoms with Crippen LogP contribution in [0.5, 0.6) is 0 Å². The fourth-order valence-electron chi connectivity index (χ4n) is 3.32. The predicted octanol–water partition coefficient (Wildman–Crippen LogP) is 3.83. The van der Waals surface area contributed by atoms with E-state index in [1.54, 1.807) is 6.92 Å². The van der Waals surface area contributed by atoms with Crippen LogP contribution in [0.2, 0.25) is 0 Å². The van der Waals surface area contributed by atoms with Gasteiger partial charge in [0.15, 0.2) is 5.78 Å². The van der Waals surface area contributed by atoms with Crippen molar-refractivity contribution in [2.75, 3.05) is 24.5 Å². The molecule has 1 fully saturated rings. The van der Waals surface area contributed by atoms with Crippen molar-refractivity contribution in [2.24, 2.45) is 0 Å². The summed E-state index contributed by atoms with van der Waals surface area (Å²) >= 11 is 0. The second-order valence-electron chi connectivity index (χ2n) is 6.69. The first-order valence-electron chi connectivity index (χ1n) is 8.95. The van der Waals surface area contributed by atoms with Gasteiger partial charge in [0, 0.05) is 30.4 Å². The number of nitrogens with one attached hydrogen (secondary N) is 1. The maximum atomic E-state index is 12.9. The fraction of sp³-hybridized carbons (Fsp3) is 0.381. The quantitative estimate of drug-likeness (QED) is 0.811. The fourth-order valence-corrected chi connectivity index (χ4v) is 3.32. The van der Waals surface area contributed by atoms with Crippen LogP contribution in [0.1, 0.15) is 35.7 Å². The molecule has 4 heteroatoms. The van der Waals surface area contributed by atoms with Crippen molar-refractivity contribution >= 4 is 11.5 Å². The number of hydrogen-bond donors (Lipinski definition) is 1. The normalized spacial score (nSPS) is 15.4. The van der Waals surface area contributed by atoms with Crippen LogP contribution in [0.15, 0.2) is 48.5 Å². The average Bonchev–Trinajstić information content (AvgIpc) is 2.64. The molecule has 2 aromatic rings. The number of carbonyl (C=O) groups is 1. The summed E-state index contributed by atoms with van der Waals surface area (Å²) in [6.45, 7) is 4.56. The summed E-state index contributed by atoms with van der Waals surface area (Å²) in [7, 11) is 0. The van der Waals surface area contributed by atoms with E-state index in [0.29, 0.717) is 6.04 Å². The van der Waals surface area contributed by atoms with Crippen molar-refractivity contribution in [2.45, 2.75) is 32.2 Å². The minimum Gasteiger partial charge on any atom is -0.371 e. The molecule has 2 aromatic carbocycles. The topological polar surface area (TPSA) is 32.3 Å². The van der Waals surface area contributed by atoms with Crippen LogP contribution in [0.3, 0.4) is 0 Å². The van der Waals surface area contributed by atoms with Gasteiger partial charge in [-0.3, -0.25) is 4.79 Å². The Labute approximate surface area is 148 Å². The van der Waals surface area contributed by atoms with E-state index < -0.39 is 0 Å². The summed E-state index contributed by atoms with van der Waals surface area (Å²) in [6.07, 6.45) is 3.14. The van der Waals surface area contributed by atoms with Crippen LogP contribution < -0.4 is 10.2 Å². The van der Waals surface area contributed by atoms with Gasteiger partial charge in [0.1, 0.15) is 5.82 Å². The third kappa shape index (κ3) is 4.89. The molecule has 1 saturated heterocycles. The van der Waals surface area contributed by atoms with Crippen molar-refractivity contribution in [1.82, 2.24) is 5.32 Å². The summed E-state index contributed by atoms with van der Waals surface area (Å²) < 4.78 is 12.9. The Bertz CT molecular complexity index is 689. The summed E-state index contributed by atoms with van der Waals surface area (Å²) in [5, 5.41) is 3.62. The van der Waals surface area contributed by atoms with Gasteiger partial charge in [-0.15, -0.1) is 0 Å². The Hall–Kier alpha value is -2.20. The minimum atomic E-state index is -0.180. The first-order chi connectivity index (χ1) is 12.1. The maximum Gasteiger partial charge on any atom is 0.159 e. The zero-order valence-corrected chi connectivity index (χ0v) is 14.7. The van der Waals surface area contributed by atoms with Gasteiger partial charge in [-0.25, -0.2) is 4.39 Å². The van der Waals surface area contributed by atoms with E-state index in [0.717, 1.165) is 50.0 Å². The third-order valence-electron chi connectivity index (χ3n) is 4.89. The largest absolute Gasteiger partial charge is 0.371 e. The Morgan fingerprint density at radius 3 is 2.32 bits per heavy atom. The lowest BCUT2D eigenvalue weighted by atomic mass is 10.0. The summed E-state index contributed by atoms with van der Waals surface area (Å²) in [5.74, 6) is -0.0731. The highest BCUT2D eigenvalue weighted by molar-refractivity contribution is 5.94. The second-order valence-corrected chi connectivity index (χ2v) is 6.69. The number of hydrogen-bond acceptors (Lipinski definition) is 3. The summed E-state index contributed by atoms with van der Waals surface area (Å²) in [6, 6.07) is 15.2. The van der Waals surface area contributed by atoms with Gasteiger partial charge in [0.2, 0.25) is 0 Å². The van der Waals surface area contributed by atoms with Crippen LogP contribution in [-0.2, 0) is 6.42 Å². The molecule has 0 atom stereocenters.